The number of hydrogen-bond donors (Lipinski definition) is 1. The number of halogens is 1. The number of nitrogens with two attached hydrogens (primary N) is 1. The van der Waals surface area contributed by atoms with Gasteiger partial charge in [-0.25, -0.2) is 0 Å². The van der Waals surface area contributed by atoms with Crippen molar-refractivity contribution in [2.45, 2.75) is 12.8 Å². The molecule has 2 N–H and O–H groups in total. The number of hydrogen-bond acceptors (Lipinski definition) is 2. The van der Waals surface area contributed by atoms with E-state index in [0.29, 0.717) is 5.69 Å². The lowest BCUT2D eigenvalue weighted by atomic mass is 10.0. The molecule has 2 nitrogen and oxygen atoms in total. The van der Waals surface area contributed by atoms with Crippen LogP contribution in [0.4, 0.5) is 5.69 Å². The van der Waals surface area contributed by atoms with E-state index in [9.17, 15) is 4.79 Å². The Morgan fingerprint density at radius 3 is 2.75 bits per heavy atom. The van der Waals surface area contributed by atoms with E-state index >= 15 is 0 Å². The molecule has 0 aromatic heterocycles. The predicted molar refractivity (Wildman–Crippen MR) is 53.0 cm³/mol. The molecule has 3 heteroatoms. The van der Waals surface area contributed by atoms with E-state index in [1.165, 1.54) is 0 Å². The normalized spacial score (nSPS) is 12.5. The molecular formula is C9H10BrNO. The fraction of sp³-hybridized carbons (Fsp3) is 0.222. The highest BCUT2D eigenvalue weighted by Crippen LogP contribution is 2.23. The summed E-state index contributed by atoms with van der Waals surface area (Å²) in [7, 11) is 0. The highest BCUT2D eigenvalue weighted by molar-refractivity contribution is 9.10. The third-order valence-corrected chi connectivity index (χ3v) is 2.24. The van der Waals surface area contributed by atoms with Crippen LogP contribution in [0.5, 0.6) is 0 Å². The third-order valence-electron chi connectivity index (χ3n) is 1.74. The molecular weight excluding hydrogens is 218 g/mol. The van der Waals surface area contributed by atoms with Crippen molar-refractivity contribution in [3.8, 4) is 0 Å². The topological polar surface area (TPSA) is 43.1 Å². The first-order chi connectivity index (χ1) is 5.65. The minimum Gasteiger partial charge on any atom is -0.398 e. The first kappa shape index (κ1) is 9.26. The summed E-state index contributed by atoms with van der Waals surface area (Å²) >= 11 is 3.30. The summed E-state index contributed by atoms with van der Waals surface area (Å²) in [6.45, 7) is 1.83. The molecule has 0 aliphatic heterocycles. The lowest BCUT2D eigenvalue weighted by Crippen LogP contribution is -1.99. The third kappa shape index (κ3) is 1.85. The molecule has 0 amide bonds. The fourth-order valence-corrected chi connectivity index (χ4v) is 1.41. The molecule has 0 saturated heterocycles. The van der Waals surface area contributed by atoms with E-state index in [1.807, 2.05) is 19.1 Å². The van der Waals surface area contributed by atoms with Crippen LogP contribution in [-0.4, -0.2) is 6.29 Å². The average molecular weight is 228 g/mol. The van der Waals surface area contributed by atoms with Gasteiger partial charge in [0.05, 0.1) is 0 Å². The fourth-order valence-electron chi connectivity index (χ4n) is 1.03. The van der Waals surface area contributed by atoms with Crippen molar-refractivity contribution in [3.05, 3.63) is 28.2 Å². The SMILES string of the molecule is CC(C=O)c1ccc(Br)cc1N. The van der Waals surface area contributed by atoms with Crippen LogP contribution in [0.25, 0.3) is 0 Å². The van der Waals surface area contributed by atoms with Gasteiger partial charge >= 0.3 is 0 Å². The molecule has 1 atom stereocenters. The molecule has 0 heterocycles. The number of nitrogen functional groups attached to an aromatic ring is 1. The van der Waals surface area contributed by atoms with Crippen molar-refractivity contribution in [1.29, 1.82) is 0 Å². The molecule has 0 fully saturated rings. The maximum Gasteiger partial charge on any atom is 0.127 e. The van der Waals surface area contributed by atoms with Gasteiger partial charge < -0.3 is 10.5 Å². The van der Waals surface area contributed by atoms with Crippen LogP contribution in [0.3, 0.4) is 0 Å². The molecule has 1 aromatic rings. The molecule has 1 rings (SSSR count). The number of carbonyl (C=O) groups is 1. The molecule has 1 unspecified atom stereocenters. The second-order valence-corrected chi connectivity index (χ2v) is 3.61. The zero-order valence-electron chi connectivity index (χ0n) is 6.75. The van der Waals surface area contributed by atoms with Crippen LogP contribution in [-0.2, 0) is 4.79 Å². The lowest BCUT2D eigenvalue weighted by Gasteiger charge is -2.07. The first-order valence-corrected chi connectivity index (χ1v) is 4.44. The van der Waals surface area contributed by atoms with E-state index in [-0.39, 0.29) is 5.92 Å². The van der Waals surface area contributed by atoms with Crippen molar-refractivity contribution in [2.24, 2.45) is 0 Å². The average Bonchev–Trinajstić information content (AvgIpc) is 2.03. The Bertz CT molecular complexity index is 299. The monoisotopic (exact) mass is 227 g/mol. The Kier molecular flexibility index (Phi) is 2.87. The number of anilines is 1. The van der Waals surface area contributed by atoms with Crippen LogP contribution in [0, 0.1) is 0 Å². The molecule has 64 valence electrons. The molecule has 1 aromatic carbocycles. The molecule has 0 aliphatic rings. The van der Waals surface area contributed by atoms with Gasteiger partial charge in [-0.1, -0.05) is 28.9 Å². The summed E-state index contributed by atoms with van der Waals surface area (Å²) in [5, 5.41) is 0. The van der Waals surface area contributed by atoms with Gasteiger partial charge in [-0.2, -0.15) is 0 Å². The summed E-state index contributed by atoms with van der Waals surface area (Å²) in [5.74, 6) is -0.127. The quantitative estimate of drug-likeness (QED) is 0.623. The van der Waals surface area contributed by atoms with Gasteiger partial charge in [0.1, 0.15) is 6.29 Å². The second-order valence-electron chi connectivity index (χ2n) is 2.70. The van der Waals surface area contributed by atoms with Crippen molar-refractivity contribution in [3.63, 3.8) is 0 Å². The van der Waals surface area contributed by atoms with Crippen LogP contribution in [0.15, 0.2) is 22.7 Å². The van der Waals surface area contributed by atoms with E-state index in [2.05, 4.69) is 15.9 Å². The van der Waals surface area contributed by atoms with Crippen LogP contribution < -0.4 is 5.73 Å². The Morgan fingerprint density at radius 1 is 1.58 bits per heavy atom. The number of rotatable bonds is 2. The van der Waals surface area contributed by atoms with Crippen LogP contribution in [0.1, 0.15) is 18.4 Å². The first-order valence-electron chi connectivity index (χ1n) is 3.65. The zero-order valence-corrected chi connectivity index (χ0v) is 8.34. The van der Waals surface area contributed by atoms with Gasteiger partial charge in [-0.05, 0) is 17.7 Å². The Balaban J connectivity index is 3.09. The lowest BCUT2D eigenvalue weighted by molar-refractivity contribution is -0.108. The van der Waals surface area contributed by atoms with Crippen molar-refractivity contribution >= 4 is 27.9 Å². The molecule has 0 aliphatic carbocycles. The van der Waals surface area contributed by atoms with Gasteiger partial charge in [0, 0.05) is 16.1 Å². The van der Waals surface area contributed by atoms with E-state index < -0.39 is 0 Å². The van der Waals surface area contributed by atoms with Crippen molar-refractivity contribution in [2.75, 3.05) is 5.73 Å². The summed E-state index contributed by atoms with van der Waals surface area (Å²) in [4.78, 5) is 10.5. The molecule has 0 spiro atoms. The van der Waals surface area contributed by atoms with Gasteiger partial charge in [0.25, 0.3) is 0 Å². The highest BCUT2D eigenvalue weighted by atomic mass is 79.9. The summed E-state index contributed by atoms with van der Waals surface area (Å²) < 4.78 is 0.932. The van der Waals surface area contributed by atoms with Crippen molar-refractivity contribution < 1.29 is 4.79 Å². The van der Waals surface area contributed by atoms with E-state index in [1.54, 1.807) is 6.07 Å². The predicted octanol–water partition coefficient (Wildman–Crippen LogP) is 2.33. The second kappa shape index (κ2) is 3.72. The van der Waals surface area contributed by atoms with E-state index in [0.717, 1.165) is 16.3 Å². The molecule has 0 radical (unpaired) electrons. The smallest absolute Gasteiger partial charge is 0.127 e. The van der Waals surface area contributed by atoms with Crippen LogP contribution >= 0.6 is 15.9 Å². The molecule has 12 heavy (non-hydrogen) atoms. The summed E-state index contributed by atoms with van der Waals surface area (Å²) in [6.07, 6.45) is 0.888. The van der Waals surface area contributed by atoms with Gasteiger partial charge in [-0.15, -0.1) is 0 Å². The van der Waals surface area contributed by atoms with Crippen molar-refractivity contribution in [1.82, 2.24) is 0 Å². The number of benzene rings is 1. The minimum absolute atomic E-state index is 0.127. The summed E-state index contributed by atoms with van der Waals surface area (Å²) in [5.41, 5.74) is 7.25. The Labute approximate surface area is 79.9 Å². The number of aldehydes is 1. The Hall–Kier alpha value is -0.830. The van der Waals surface area contributed by atoms with Gasteiger partial charge in [0.15, 0.2) is 0 Å². The largest absolute Gasteiger partial charge is 0.398 e. The Morgan fingerprint density at radius 2 is 2.25 bits per heavy atom. The molecule has 0 saturated carbocycles. The highest BCUT2D eigenvalue weighted by Gasteiger charge is 2.06. The van der Waals surface area contributed by atoms with Gasteiger partial charge in [0.2, 0.25) is 0 Å². The number of carbonyl (C=O) groups excluding carboxylic acids is 1. The zero-order chi connectivity index (χ0) is 9.14. The molecule has 0 bridgehead atoms. The maximum absolute atomic E-state index is 10.5. The maximum atomic E-state index is 10.5. The summed E-state index contributed by atoms with van der Waals surface area (Å²) in [6, 6.07) is 5.54. The van der Waals surface area contributed by atoms with Crippen LogP contribution in [0.2, 0.25) is 0 Å². The minimum atomic E-state index is -0.127. The van der Waals surface area contributed by atoms with Gasteiger partial charge in [-0.3, -0.25) is 0 Å². The standard InChI is InChI=1S/C9H10BrNO/c1-6(5-12)8-3-2-7(10)4-9(8)11/h2-6H,11H2,1H3. The van der Waals surface area contributed by atoms with E-state index in [4.69, 9.17) is 5.73 Å².